The predicted molar refractivity (Wildman–Crippen MR) is 95.0 cm³/mol. The standard InChI is InChI=1S/C19H21N5/c1-14-19(21-13-20-14)16-9-11-24(12-10-16)18-8-7-17(22-23-18)15-5-3-2-4-6-15/h2-8,13,16H,9-12H2,1H3,(H,20,21). The predicted octanol–water partition coefficient (Wildman–Crippen LogP) is 3.56. The van der Waals surface area contributed by atoms with Crippen LogP contribution in [-0.2, 0) is 0 Å². The van der Waals surface area contributed by atoms with Gasteiger partial charge in [-0.15, -0.1) is 10.2 Å². The van der Waals surface area contributed by atoms with Crippen molar-refractivity contribution < 1.29 is 0 Å². The molecule has 1 aromatic carbocycles. The third-order valence-corrected chi connectivity index (χ3v) is 4.79. The van der Waals surface area contributed by atoms with Crippen molar-refractivity contribution in [3.8, 4) is 11.3 Å². The Morgan fingerprint density at radius 2 is 1.79 bits per heavy atom. The van der Waals surface area contributed by atoms with Crippen LogP contribution in [0.15, 0.2) is 48.8 Å². The molecule has 0 unspecified atom stereocenters. The summed E-state index contributed by atoms with van der Waals surface area (Å²) >= 11 is 0. The average Bonchev–Trinajstić information content (AvgIpc) is 3.09. The SMILES string of the molecule is Cc1[nH]cnc1C1CCN(c2ccc(-c3ccccc3)nn2)CC1. The molecule has 0 spiro atoms. The number of aromatic amines is 1. The van der Waals surface area contributed by atoms with E-state index in [-0.39, 0.29) is 0 Å². The van der Waals surface area contributed by atoms with Gasteiger partial charge in [0, 0.05) is 30.3 Å². The number of benzene rings is 1. The fourth-order valence-electron chi connectivity index (χ4n) is 3.42. The van der Waals surface area contributed by atoms with Gasteiger partial charge in [-0.25, -0.2) is 4.98 Å². The minimum atomic E-state index is 0.545. The molecular formula is C19H21N5. The zero-order chi connectivity index (χ0) is 16.4. The van der Waals surface area contributed by atoms with Gasteiger partial charge in [0.1, 0.15) is 0 Å². The molecule has 1 saturated heterocycles. The number of rotatable bonds is 3. The average molecular weight is 319 g/mol. The molecule has 0 bridgehead atoms. The number of nitrogens with zero attached hydrogens (tertiary/aromatic N) is 4. The van der Waals surface area contributed by atoms with Gasteiger partial charge in [0.15, 0.2) is 5.82 Å². The maximum Gasteiger partial charge on any atom is 0.151 e. The van der Waals surface area contributed by atoms with Crippen LogP contribution in [0, 0.1) is 6.92 Å². The molecule has 3 heterocycles. The fraction of sp³-hybridized carbons (Fsp3) is 0.316. The van der Waals surface area contributed by atoms with Crippen molar-refractivity contribution in [2.45, 2.75) is 25.7 Å². The lowest BCUT2D eigenvalue weighted by atomic mass is 9.92. The van der Waals surface area contributed by atoms with Crippen LogP contribution in [0.25, 0.3) is 11.3 Å². The van der Waals surface area contributed by atoms with Crippen molar-refractivity contribution in [1.29, 1.82) is 0 Å². The number of aromatic nitrogens is 4. The first-order chi connectivity index (χ1) is 11.8. The molecule has 0 saturated carbocycles. The first-order valence-electron chi connectivity index (χ1n) is 8.45. The summed E-state index contributed by atoms with van der Waals surface area (Å²) < 4.78 is 0. The Kier molecular flexibility index (Phi) is 3.99. The zero-order valence-electron chi connectivity index (χ0n) is 13.8. The topological polar surface area (TPSA) is 57.7 Å². The Bertz CT molecular complexity index is 786. The first kappa shape index (κ1) is 14.9. The van der Waals surface area contributed by atoms with Gasteiger partial charge in [0.25, 0.3) is 0 Å². The van der Waals surface area contributed by atoms with Crippen molar-refractivity contribution in [3.05, 3.63) is 60.2 Å². The van der Waals surface area contributed by atoms with Crippen LogP contribution in [0.4, 0.5) is 5.82 Å². The summed E-state index contributed by atoms with van der Waals surface area (Å²) in [6.45, 7) is 4.09. The number of anilines is 1. The second-order valence-corrected chi connectivity index (χ2v) is 6.32. The summed E-state index contributed by atoms with van der Waals surface area (Å²) in [4.78, 5) is 9.98. The molecule has 2 aromatic heterocycles. The summed E-state index contributed by atoms with van der Waals surface area (Å²) in [6.07, 6.45) is 4.01. The fourth-order valence-corrected chi connectivity index (χ4v) is 3.42. The van der Waals surface area contributed by atoms with Crippen LogP contribution in [-0.4, -0.2) is 33.3 Å². The molecule has 1 aliphatic heterocycles. The van der Waals surface area contributed by atoms with Gasteiger partial charge < -0.3 is 9.88 Å². The van der Waals surface area contributed by atoms with Crippen LogP contribution in [0.1, 0.15) is 30.1 Å². The lowest BCUT2D eigenvalue weighted by Crippen LogP contribution is -2.33. The van der Waals surface area contributed by atoms with E-state index in [0.29, 0.717) is 5.92 Å². The van der Waals surface area contributed by atoms with Crippen molar-refractivity contribution in [1.82, 2.24) is 20.2 Å². The van der Waals surface area contributed by atoms with E-state index >= 15 is 0 Å². The zero-order valence-corrected chi connectivity index (χ0v) is 13.8. The molecule has 24 heavy (non-hydrogen) atoms. The highest BCUT2D eigenvalue weighted by Crippen LogP contribution is 2.30. The normalized spacial score (nSPS) is 15.6. The maximum absolute atomic E-state index is 4.48. The van der Waals surface area contributed by atoms with Gasteiger partial charge in [-0.3, -0.25) is 0 Å². The van der Waals surface area contributed by atoms with Crippen molar-refractivity contribution in [3.63, 3.8) is 0 Å². The van der Waals surface area contributed by atoms with Gasteiger partial charge in [-0.05, 0) is 31.9 Å². The Morgan fingerprint density at radius 1 is 1.00 bits per heavy atom. The van der Waals surface area contributed by atoms with E-state index in [9.17, 15) is 0 Å². The van der Waals surface area contributed by atoms with Gasteiger partial charge in [-0.1, -0.05) is 30.3 Å². The molecular weight excluding hydrogens is 298 g/mol. The quantitative estimate of drug-likeness (QED) is 0.802. The van der Waals surface area contributed by atoms with Crippen molar-refractivity contribution in [2.75, 3.05) is 18.0 Å². The molecule has 0 atom stereocenters. The van der Waals surface area contributed by atoms with E-state index in [1.165, 1.54) is 11.4 Å². The number of H-pyrrole nitrogens is 1. The number of aryl methyl sites for hydroxylation is 1. The molecule has 1 aliphatic rings. The monoisotopic (exact) mass is 319 g/mol. The van der Waals surface area contributed by atoms with E-state index in [1.807, 2.05) is 18.2 Å². The largest absolute Gasteiger partial charge is 0.355 e. The first-order valence-corrected chi connectivity index (χ1v) is 8.45. The van der Waals surface area contributed by atoms with Crippen LogP contribution < -0.4 is 4.90 Å². The van der Waals surface area contributed by atoms with Gasteiger partial charge in [0.2, 0.25) is 0 Å². The third-order valence-electron chi connectivity index (χ3n) is 4.79. The Balaban J connectivity index is 1.43. The van der Waals surface area contributed by atoms with E-state index in [4.69, 9.17) is 0 Å². The Morgan fingerprint density at radius 3 is 2.42 bits per heavy atom. The number of nitrogens with one attached hydrogen (secondary N) is 1. The number of piperidine rings is 1. The van der Waals surface area contributed by atoms with Crippen molar-refractivity contribution >= 4 is 5.82 Å². The van der Waals surface area contributed by atoms with E-state index in [1.54, 1.807) is 6.33 Å². The highest BCUT2D eigenvalue weighted by atomic mass is 15.3. The molecule has 0 aliphatic carbocycles. The van der Waals surface area contributed by atoms with E-state index in [2.05, 4.69) is 56.3 Å². The van der Waals surface area contributed by atoms with E-state index in [0.717, 1.165) is 43.0 Å². The molecule has 4 rings (SSSR count). The molecule has 122 valence electrons. The molecule has 1 N–H and O–H groups in total. The third kappa shape index (κ3) is 2.89. The van der Waals surface area contributed by atoms with Crippen molar-refractivity contribution in [2.24, 2.45) is 0 Å². The molecule has 3 aromatic rings. The number of hydrogen-bond donors (Lipinski definition) is 1. The second-order valence-electron chi connectivity index (χ2n) is 6.32. The van der Waals surface area contributed by atoms with Crippen LogP contribution in [0.5, 0.6) is 0 Å². The van der Waals surface area contributed by atoms with Crippen LogP contribution >= 0.6 is 0 Å². The lowest BCUT2D eigenvalue weighted by molar-refractivity contribution is 0.492. The summed E-state index contributed by atoms with van der Waals surface area (Å²) in [7, 11) is 0. The molecule has 5 heteroatoms. The summed E-state index contributed by atoms with van der Waals surface area (Å²) in [5.74, 6) is 1.51. The Labute approximate surface area is 141 Å². The molecule has 5 nitrogen and oxygen atoms in total. The number of hydrogen-bond acceptors (Lipinski definition) is 4. The summed E-state index contributed by atoms with van der Waals surface area (Å²) in [5.41, 5.74) is 4.44. The number of imidazole rings is 1. The van der Waals surface area contributed by atoms with Crippen LogP contribution in [0.2, 0.25) is 0 Å². The maximum atomic E-state index is 4.48. The van der Waals surface area contributed by atoms with Crippen LogP contribution in [0.3, 0.4) is 0 Å². The molecule has 0 radical (unpaired) electrons. The van der Waals surface area contributed by atoms with E-state index < -0.39 is 0 Å². The minimum Gasteiger partial charge on any atom is -0.355 e. The Hall–Kier alpha value is -2.69. The highest BCUT2D eigenvalue weighted by molar-refractivity contribution is 5.59. The molecule has 1 fully saturated rings. The molecule has 0 amide bonds. The summed E-state index contributed by atoms with van der Waals surface area (Å²) in [6, 6.07) is 14.3. The second kappa shape index (κ2) is 6.43. The minimum absolute atomic E-state index is 0.545. The van der Waals surface area contributed by atoms with Gasteiger partial charge in [-0.2, -0.15) is 0 Å². The highest BCUT2D eigenvalue weighted by Gasteiger charge is 2.24. The van der Waals surface area contributed by atoms with Gasteiger partial charge in [0.05, 0.1) is 17.7 Å². The smallest absolute Gasteiger partial charge is 0.151 e. The summed E-state index contributed by atoms with van der Waals surface area (Å²) in [5, 5.41) is 8.84. The van der Waals surface area contributed by atoms with Gasteiger partial charge >= 0.3 is 0 Å². The lowest BCUT2D eigenvalue weighted by Gasteiger charge is -2.32.